The first-order chi connectivity index (χ1) is 4.00. The minimum absolute atomic E-state index is 0.282. The van der Waals surface area contributed by atoms with Crippen molar-refractivity contribution in [1.82, 2.24) is 5.31 Å². The molecule has 1 rings (SSSR count). The summed E-state index contributed by atoms with van der Waals surface area (Å²) in [4.78, 5) is 0. The molecule has 0 atom stereocenters. The van der Waals surface area contributed by atoms with Crippen molar-refractivity contribution in [2.75, 3.05) is 19.3 Å². The van der Waals surface area contributed by atoms with Crippen molar-refractivity contribution in [2.24, 2.45) is 0 Å². The molecule has 1 aliphatic heterocycles. The molecule has 48 valence electrons. The molecule has 1 N–H and O–H groups in total. The maximum atomic E-state index is 10.6. The SMILES string of the molecule is [2H]N1CC(S(C)(=O)=O)C1. The highest BCUT2D eigenvalue weighted by Gasteiger charge is 2.26. The second-order valence-corrected chi connectivity index (χ2v) is 4.37. The molecule has 3 nitrogen and oxygen atoms in total. The smallest absolute Gasteiger partial charge is 0.152 e. The van der Waals surface area contributed by atoms with E-state index in [1.807, 2.05) is 0 Å². The predicted molar refractivity (Wildman–Crippen MR) is 31.5 cm³/mol. The van der Waals surface area contributed by atoms with E-state index in [4.69, 9.17) is 1.41 Å². The molecule has 1 aliphatic rings. The molecule has 0 aromatic rings. The first-order valence-corrected chi connectivity index (χ1v) is 4.38. The molecule has 1 fully saturated rings. The summed E-state index contributed by atoms with van der Waals surface area (Å²) in [5.74, 6) is 0. The highest BCUT2D eigenvalue weighted by atomic mass is 32.2. The van der Waals surface area contributed by atoms with Crippen LogP contribution >= 0.6 is 0 Å². The molecule has 8 heavy (non-hydrogen) atoms. The van der Waals surface area contributed by atoms with Gasteiger partial charge in [-0.3, -0.25) is 0 Å². The summed E-state index contributed by atoms with van der Waals surface area (Å²) in [5.41, 5.74) is 0. The molecule has 0 bridgehead atoms. The van der Waals surface area contributed by atoms with Gasteiger partial charge in [0.1, 0.15) is 1.41 Å². The lowest BCUT2D eigenvalue weighted by molar-refractivity contribution is 0.499. The van der Waals surface area contributed by atoms with Crippen molar-refractivity contribution in [3.8, 4) is 0 Å². The van der Waals surface area contributed by atoms with Crippen LogP contribution in [0, 0.1) is 0 Å². The van der Waals surface area contributed by atoms with Crippen LogP contribution in [-0.4, -0.2) is 33.0 Å². The van der Waals surface area contributed by atoms with E-state index in [9.17, 15) is 8.42 Å². The van der Waals surface area contributed by atoms with Gasteiger partial charge < -0.3 is 5.31 Å². The quantitative estimate of drug-likeness (QED) is 0.503. The van der Waals surface area contributed by atoms with Crippen LogP contribution in [0.25, 0.3) is 0 Å². The summed E-state index contributed by atoms with van der Waals surface area (Å²) in [6, 6.07) is 0. The van der Waals surface area contributed by atoms with Crippen LogP contribution in [0.4, 0.5) is 0 Å². The van der Waals surface area contributed by atoms with Crippen molar-refractivity contribution >= 4 is 9.84 Å². The van der Waals surface area contributed by atoms with Crippen LogP contribution in [0.15, 0.2) is 0 Å². The highest BCUT2D eigenvalue weighted by molar-refractivity contribution is 7.91. The first kappa shape index (κ1) is 4.76. The number of hydrogen-bond donors (Lipinski definition) is 1. The normalized spacial score (nSPS) is 26.9. The number of rotatable bonds is 1. The Hall–Kier alpha value is -0.0900. The molecule has 1 saturated heterocycles. The van der Waals surface area contributed by atoms with E-state index < -0.39 is 9.84 Å². The van der Waals surface area contributed by atoms with E-state index in [1.165, 1.54) is 11.6 Å². The fraction of sp³-hybridized carbons (Fsp3) is 1.00. The average molecular weight is 136 g/mol. The zero-order valence-corrected chi connectivity index (χ0v) is 5.48. The van der Waals surface area contributed by atoms with Crippen LogP contribution in [0.1, 0.15) is 0 Å². The maximum absolute atomic E-state index is 10.6. The predicted octanol–water partition coefficient (Wildman–Crippen LogP) is -0.997. The average Bonchev–Trinajstić information content (AvgIpc) is 1.55. The summed E-state index contributed by atoms with van der Waals surface area (Å²) in [7, 11) is -2.86. The van der Waals surface area contributed by atoms with Crippen molar-refractivity contribution in [2.45, 2.75) is 5.25 Å². The van der Waals surface area contributed by atoms with E-state index in [-0.39, 0.29) is 5.25 Å². The Morgan fingerprint density at radius 1 is 1.75 bits per heavy atom. The molecule has 1 heterocycles. The fourth-order valence-corrected chi connectivity index (χ4v) is 1.26. The van der Waals surface area contributed by atoms with Gasteiger partial charge in [0.15, 0.2) is 9.84 Å². The molecule has 0 spiro atoms. The largest absolute Gasteiger partial charge is 0.314 e. The lowest BCUT2D eigenvalue weighted by atomic mass is 10.3. The van der Waals surface area contributed by atoms with Crippen molar-refractivity contribution in [1.29, 1.82) is 0 Å². The second-order valence-electron chi connectivity index (χ2n) is 2.04. The van der Waals surface area contributed by atoms with Gasteiger partial charge in [-0.05, 0) is 0 Å². The van der Waals surface area contributed by atoms with Gasteiger partial charge in [0.2, 0.25) is 0 Å². The van der Waals surface area contributed by atoms with Gasteiger partial charge >= 0.3 is 0 Å². The van der Waals surface area contributed by atoms with E-state index in [0.29, 0.717) is 13.1 Å². The Balaban J connectivity index is 2.51. The lowest BCUT2D eigenvalue weighted by Gasteiger charge is -2.24. The molecular weight excluding hydrogens is 126 g/mol. The summed E-state index contributed by atoms with van der Waals surface area (Å²) < 4.78 is 28.2. The summed E-state index contributed by atoms with van der Waals surface area (Å²) in [5, 5.41) is 0.959. The molecule has 0 saturated carbocycles. The summed E-state index contributed by atoms with van der Waals surface area (Å²) in [6.07, 6.45) is 1.21. The Bertz CT molecular complexity index is 195. The fourth-order valence-electron chi connectivity index (χ4n) is 0.505. The zero-order chi connectivity index (χ0) is 7.07. The number of hydrogen-bond acceptors (Lipinski definition) is 3. The van der Waals surface area contributed by atoms with Crippen molar-refractivity contribution in [3.63, 3.8) is 0 Å². The van der Waals surface area contributed by atoms with Crippen LogP contribution in [-0.2, 0) is 9.84 Å². The molecule has 4 heteroatoms. The molecular formula is C4H9NO2S. The van der Waals surface area contributed by atoms with E-state index >= 15 is 0 Å². The molecule has 0 amide bonds. The Kier molecular flexibility index (Phi) is 1.01. The van der Waals surface area contributed by atoms with Crippen molar-refractivity contribution in [3.05, 3.63) is 0 Å². The van der Waals surface area contributed by atoms with Gasteiger partial charge in [0.25, 0.3) is 0 Å². The number of nitrogens with one attached hydrogen (secondary N) is 1. The molecule has 0 radical (unpaired) electrons. The lowest BCUT2D eigenvalue weighted by Crippen LogP contribution is -2.51. The Labute approximate surface area is 50.5 Å². The van der Waals surface area contributed by atoms with Gasteiger partial charge in [0.05, 0.1) is 5.25 Å². The van der Waals surface area contributed by atoms with E-state index in [2.05, 4.69) is 0 Å². The first-order valence-electron chi connectivity index (χ1n) is 2.87. The highest BCUT2D eigenvalue weighted by Crippen LogP contribution is 2.02. The van der Waals surface area contributed by atoms with E-state index in [0.717, 1.165) is 0 Å². The summed E-state index contributed by atoms with van der Waals surface area (Å²) in [6.45, 7) is 0.748. The van der Waals surface area contributed by atoms with Gasteiger partial charge in [-0.2, -0.15) is 0 Å². The van der Waals surface area contributed by atoms with Gasteiger partial charge in [0, 0.05) is 19.3 Å². The Morgan fingerprint density at radius 2 is 2.25 bits per heavy atom. The van der Waals surface area contributed by atoms with Crippen LogP contribution in [0.2, 0.25) is 1.41 Å². The standard InChI is InChI=1S/C4H9NO2S/c1-8(6,7)4-2-5-3-4/h4-5H,2-3H2,1H3/i/hD. The molecule has 0 unspecified atom stereocenters. The molecule has 0 aliphatic carbocycles. The topological polar surface area (TPSA) is 46.2 Å². The van der Waals surface area contributed by atoms with Crippen molar-refractivity contribution < 1.29 is 9.83 Å². The second kappa shape index (κ2) is 1.70. The van der Waals surface area contributed by atoms with Gasteiger partial charge in [-0.15, -0.1) is 0 Å². The third-order valence-electron chi connectivity index (χ3n) is 1.27. The van der Waals surface area contributed by atoms with Crippen LogP contribution < -0.4 is 5.31 Å². The minimum Gasteiger partial charge on any atom is -0.314 e. The van der Waals surface area contributed by atoms with Crippen LogP contribution in [0.3, 0.4) is 0 Å². The van der Waals surface area contributed by atoms with Gasteiger partial charge in [-0.25, -0.2) is 8.42 Å². The molecule has 0 aromatic heterocycles. The van der Waals surface area contributed by atoms with E-state index in [1.54, 1.807) is 0 Å². The minimum atomic E-state index is -2.86. The third kappa shape index (κ3) is 1.00. The zero-order valence-electron chi connectivity index (χ0n) is 5.66. The Morgan fingerprint density at radius 3 is 2.38 bits per heavy atom. The maximum Gasteiger partial charge on any atom is 0.152 e. The van der Waals surface area contributed by atoms with Crippen LogP contribution in [0.5, 0.6) is 0 Å². The summed E-state index contributed by atoms with van der Waals surface area (Å²) >= 11 is 0. The third-order valence-corrected chi connectivity index (χ3v) is 2.78. The number of sulfone groups is 1. The monoisotopic (exact) mass is 136 g/mol. The molecule has 0 aromatic carbocycles. The van der Waals surface area contributed by atoms with Gasteiger partial charge in [-0.1, -0.05) is 0 Å².